The molecule has 0 spiro atoms. The van der Waals surface area contributed by atoms with Crippen molar-refractivity contribution in [2.45, 2.75) is 50.2 Å². The number of hydrogen-bond donors (Lipinski definition) is 8. The minimum atomic E-state index is -1.04. The number of nitrogens with one attached hydrogen (secondary N) is 3. The van der Waals surface area contributed by atoms with Gasteiger partial charge in [0.25, 0.3) is 0 Å². The average Bonchev–Trinajstić information content (AvgIpc) is 2.91. The third kappa shape index (κ3) is 11.8. The van der Waals surface area contributed by atoms with Gasteiger partial charge in [0.1, 0.15) is 17.8 Å². The highest BCUT2D eigenvalue weighted by Crippen LogP contribution is 2.11. The van der Waals surface area contributed by atoms with E-state index >= 15 is 0 Å². The van der Waals surface area contributed by atoms with E-state index < -0.39 is 41.8 Å². The molecule has 12 N–H and O–H groups in total. The average molecular weight is 555 g/mol. The maximum absolute atomic E-state index is 13.4. The van der Waals surface area contributed by atoms with Crippen molar-refractivity contribution in [1.82, 2.24) is 16.0 Å². The largest absolute Gasteiger partial charge is 0.508 e. The molecule has 0 aliphatic heterocycles. The van der Waals surface area contributed by atoms with Crippen LogP contribution in [0.3, 0.4) is 0 Å². The summed E-state index contributed by atoms with van der Waals surface area (Å²) in [6, 6.07) is 12.3. The molecule has 0 aromatic heterocycles. The van der Waals surface area contributed by atoms with Gasteiger partial charge in [0.15, 0.2) is 5.96 Å². The second-order valence-corrected chi connectivity index (χ2v) is 9.25. The highest BCUT2D eigenvalue weighted by Gasteiger charge is 2.28. The molecule has 216 valence electrons. The van der Waals surface area contributed by atoms with Crippen molar-refractivity contribution in [2.24, 2.45) is 27.9 Å². The molecule has 0 aliphatic rings. The lowest BCUT2D eigenvalue weighted by molar-refractivity contribution is -0.132. The molecule has 2 aromatic carbocycles. The molecule has 0 unspecified atom stereocenters. The lowest BCUT2D eigenvalue weighted by Gasteiger charge is -2.24. The van der Waals surface area contributed by atoms with E-state index in [0.29, 0.717) is 6.42 Å². The second-order valence-electron chi connectivity index (χ2n) is 9.25. The lowest BCUT2D eigenvalue weighted by Crippen LogP contribution is -2.56. The quantitative estimate of drug-likeness (QED) is 0.0689. The van der Waals surface area contributed by atoms with Crippen LogP contribution >= 0.6 is 0 Å². The Morgan fingerprint density at radius 3 is 2.05 bits per heavy atom. The topological polar surface area (TPSA) is 241 Å². The highest BCUT2D eigenvalue weighted by molar-refractivity contribution is 5.93. The highest BCUT2D eigenvalue weighted by atomic mass is 16.3. The summed E-state index contributed by atoms with van der Waals surface area (Å²) in [6.07, 6.45) is 0.816. The van der Waals surface area contributed by atoms with Crippen LogP contribution in [0.25, 0.3) is 0 Å². The van der Waals surface area contributed by atoms with E-state index in [2.05, 4.69) is 20.9 Å². The van der Waals surface area contributed by atoms with Gasteiger partial charge < -0.3 is 44.0 Å². The third-order valence-electron chi connectivity index (χ3n) is 5.89. The first-order valence-electron chi connectivity index (χ1n) is 12.8. The summed E-state index contributed by atoms with van der Waals surface area (Å²) in [5, 5.41) is 17.5. The molecule has 0 heterocycles. The number of hydrogen-bond acceptors (Lipinski definition) is 7. The SMILES string of the molecule is NC(=O)CCNC(=O)[C@H](Cc1ccccc1)NC(=O)[C@H](CCCN=C(N)N)NC(=O)[C@@H](N)Cc1ccc(O)cc1. The zero-order valence-corrected chi connectivity index (χ0v) is 22.2. The number of benzene rings is 2. The lowest BCUT2D eigenvalue weighted by atomic mass is 10.0. The number of guanidine groups is 1. The van der Waals surface area contributed by atoms with Gasteiger partial charge in [-0.1, -0.05) is 42.5 Å². The van der Waals surface area contributed by atoms with E-state index in [1.54, 1.807) is 24.3 Å². The first-order chi connectivity index (χ1) is 19.0. The predicted octanol–water partition coefficient (Wildman–Crippen LogP) is -1.48. The van der Waals surface area contributed by atoms with Crippen molar-refractivity contribution in [3.8, 4) is 5.75 Å². The van der Waals surface area contributed by atoms with E-state index in [4.69, 9.17) is 22.9 Å². The van der Waals surface area contributed by atoms with Crippen LogP contribution in [0.2, 0.25) is 0 Å². The molecule has 4 amide bonds. The minimum Gasteiger partial charge on any atom is -0.508 e. The van der Waals surface area contributed by atoms with Crippen LogP contribution in [0.15, 0.2) is 59.6 Å². The van der Waals surface area contributed by atoms with Crippen molar-refractivity contribution < 1.29 is 24.3 Å². The molecule has 13 nitrogen and oxygen atoms in total. The molecule has 0 radical (unpaired) electrons. The summed E-state index contributed by atoms with van der Waals surface area (Å²) in [4.78, 5) is 54.2. The number of nitrogens with two attached hydrogens (primary N) is 4. The zero-order valence-electron chi connectivity index (χ0n) is 22.2. The van der Waals surface area contributed by atoms with Gasteiger partial charge in [0.2, 0.25) is 23.6 Å². The summed E-state index contributed by atoms with van der Waals surface area (Å²) in [5.74, 6) is -2.26. The summed E-state index contributed by atoms with van der Waals surface area (Å²) >= 11 is 0. The molecule has 0 saturated heterocycles. The monoisotopic (exact) mass is 554 g/mol. The predicted molar refractivity (Wildman–Crippen MR) is 151 cm³/mol. The maximum atomic E-state index is 13.4. The Balaban J connectivity index is 2.15. The normalized spacial score (nSPS) is 12.8. The fourth-order valence-corrected chi connectivity index (χ4v) is 3.79. The van der Waals surface area contributed by atoms with Gasteiger partial charge in [-0.05, 0) is 42.5 Å². The van der Waals surface area contributed by atoms with Crippen LogP contribution in [-0.4, -0.2) is 65.9 Å². The van der Waals surface area contributed by atoms with Gasteiger partial charge in [-0.3, -0.25) is 24.2 Å². The van der Waals surface area contributed by atoms with Gasteiger partial charge in [-0.2, -0.15) is 0 Å². The molecular weight excluding hydrogens is 516 g/mol. The molecule has 13 heteroatoms. The number of primary amides is 1. The van der Waals surface area contributed by atoms with Crippen molar-refractivity contribution in [1.29, 1.82) is 0 Å². The molecule has 0 aliphatic carbocycles. The van der Waals surface area contributed by atoms with Crippen LogP contribution in [0.5, 0.6) is 5.75 Å². The second kappa shape index (κ2) is 16.3. The third-order valence-corrected chi connectivity index (χ3v) is 5.89. The molecule has 2 aromatic rings. The molecular formula is C27H38N8O5. The van der Waals surface area contributed by atoms with Crippen molar-refractivity contribution in [3.63, 3.8) is 0 Å². The van der Waals surface area contributed by atoms with E-state index in [1.165, 1.54) is 12.1 Å². The Labute approximate surface area is 232 Å². The van der Waals surface area contributed by atoms with Crippen LogP contribution in [0, 0.1) is 0 Å². The first kappa shape index (κ1) is 31.6. The summed E-state index contributed by atoms with van der Waals surface area (Å²) < 4.78 is 0. The number of rotatable bonds is 16. The Morgan fingerprint density at radius 1 is 0.800 bits per heavy atom. The van der Waals surface area contributed by atoms with E-state index in [-0.39, 0.29) is 50.5 Å². The Kier molecular flexibility index (Phi) is 12.9. The Hall–Kier alpha value is -4.65. The smallest absolute Gasteiger partial charge is 0.243 e. The number of amides is 4. The van der Waals surface area contributed by atoms with Crippen molar-refractivity contribution in [2.75, 3.05) is 13.1 Å². The summed E-state index contributed by atoms with van der Waals surface area (Å²) in [7, 11) is 0. The van der Waals surface area contributed by atoms with Crippen LogP contribution in [0.4, 0.5) is 0 Å². The number of carbonyl (C=O) groups excluding carboxylic acids is 4. The molecule has 2 rings (SSSR count). The number of carbonyl (C=O) groups is 4. The molecule has 0 bridgehead atoms. The molecule has 0 fully saturated rings. The van der Waals surface area contributed by atoms with E-state index in [0.717, 1.165) is 11.1 Å². The first-order valence-corrected chi connectivity index (χ1v) is 12.8. The maximum Gasteiger partial charge on any atom is 0.243 e. The van der Waals surface area contributed by atoms with Crippen LogP contribution in [-0.2, 0) is 32.0 Å². The molecule has 3 atom stereocenters. The minimum absolute atomic E-state index is 0.0140. The van der Waals surface area contributed by atoms with Gasteiger partial charge in [-0.25, -0.2) is 0 Å². The van der Waals surface area contributed by atoms with Gasteiger partial charge in [0, 0.05) is 25.9 Å². The number of aliphatic imine (C=N–C) groups is 1. The standard InChI is InChI=1S/C27H38N8O5/c28-20(15-18-8-10-19(36)11-9-18)24(38)34-21(7-4-13-33-27(30)31)26(40)35-22(16-17-5-2-1-3-6-17)25(39)32-14-12-23(29)37/h1-3,5-6,8-11,20-22,36H,4,7,12-16,28H2,(H2,29,37)(H,32,39)(H,34,38)(H,35,40)(H4,30,31,33)/t20-,21-,22-/m0/s1. The van der Waals surface area contributed by atoms with E-state index in [1.807, 2.05) is 18.2 Å². The summed E-state index contributed by atoms with van der Waals surface area (Å²) in [5.41, 5.74) is 23.5. The fourth-order valence-electron chi connectivity index (χ4n) is 3.79. The zero-order chi connectivity index (χ0) is 29.5. The molecule has 40 heavy (non-hydrogen) atoms. The Morgan fingerprint density at radius 2 is 1.43 bits per heavy atom. The summed E-state index contributed by atoms with van der Waals surface area (Å²) in [6.45, 7) is 0.239. The molecule has 0 saturated carbocycles. The van der Waals surface area contributed by atoms with Crippen molar-refractivity contribution >= 4 is 29.6 Å². The van der Waals surface area contributed by atoms with Gasteiger partial charge in [-0.15, -0.1) is 0 Å². The fraction of sp³-hybridized carbons (Fsp3) is 0.370. The van der Waals surface area contributed by atoms with Gasteiger partial charge >= 0.3 is 0 Å². The van der Waals surface area contributed by atoms with E-state index in [9.17, 15) is 24.3 Å². The van der Waals surface area contributed by atoms with Crippen molar-refractivity contribution in [3.05, 3.63) is 65.7 Å². The number of phenolic OH excluding ortho intramolecular Hbond substituents is 1. The number of phenols is 1. The van der Waals surface area contributed by atoms with Crippen LogP contribution in [0.1, 0.15) is 30.4 Å². The van der Waals surface area contributed by atoms with Crippen LogP contribution < -0.4 is 38.9 Å². The van der Waals surface area contributed by atoms with Gasteiger partial charge in [0.05, 0.1) is 6.04 Å². The Bertz CT molecular complexity index is 1150. The number of aromatic hydroxyl groups is 1. The number of nitrogens with zero attached hydrogens (tertiary/aromatic N) is 1.